The Labute approximate surface area is 181 Å². The van der Waals surface area contributed by atoms with Gasteiger partial charge in [0.15, 0.2) is 0 Å². The van der Waals surface area contributed by atoms with E-state index in [-0.39, 0.29) is 24.0 Å². The molecule has 164 valence electrons. The highest BCUT2D eigenvalue weighted by Gasteiger charge is 2.17. The summed E-state index contributed by atoms with van der Waals surface area (Å²) >= 11 is 0. The molecule has 0 fully saturated rings. The third kappa shape index (κ3) is 5.70. The van der Waals surface area contributed by atoms with Crippen LogP contribution in [0.4, 0.5) is 14.9 Å². The van der Waals surface area contributed by atoms with Gasteiger partial charge < -0.3 is 20.1 Å². The molecule has 0 aliphatic rings. The molecule has 0 spiro atoms. The number of nitrogens with zero attached hydrogens (tertiary/aromatic N) is 2. The number of anilines is 1. The zero-order chi connectivity index (χ0) is 22.4. The quantitative estimate of drug-likeness (QED) is 0.565. The van der Waals surface area contributed by atoms with Gasteiger partial charge in [-0.25, -0.2) is 9.18 Å². The number of likely N-dealkylation sites (N-methyl/N-ethyl adjacent to an activating group) is 1. The minimum atomic E-state index is -0.366. The lowest BCUT2D eigenvalue weighted by atomic mass is 10.1. The molecular weight excluding hydrogens is 395 g/mol. The van der Waals surface area contributed by atoms with E-state index in [1.165, 1.54) is 24.3 Å². The van der Waals surface area contributed by atoms with Crippen LogP contribution in [0.15, 0.2) is 53.3 Å². The number of carbonyl (C=O) groups is 1. The van der Waals surface area contributed by atoms with Gasteiger partial charge in [-0.15, -0.1) is 0 Å². The normalized spacial score (nSPS) is 11.1. The lowest BCUT2D eigenvalue weighted by Crippen LogP contribution is -2.41. The van der Waals surface area contributed by atoms with E-state index in [0.717, 1.165) is 29.6 Å². The summed E-state index contributed by atoms with van der Waals surface area (Å²) in [5.41, 5.74) is 2.62. The van der Waals surface area contributed by atoms with Crippen LogP contribution in [0.3, 0.4) is 0 Å². The maximum Gasteiger partial charge on any atom is 0.322 e. The number of rotatable bonds is 8. The Balaban J connectivity index is 1.85. The molecule has 0 aliphatic carbocycles. The van der Waals surface area contributed by atoms with Gasteiger partial charge in [0, 0.05) is 24.3 Å². The van der Waals surface area contributed by atoms with Crippen molar-refractivity contribution in [1.29, 1.82) is 0 Å². The summed E-state index contributed by atoms with van der Waals surface area (Å²) in [5.74, 6) is -0.366. The minimum Gasteiger partial charge on any atom is -0.321 e. The number of aryl methyl sites for hydroxylation is 1. The van der Waals surface area contributed by atoms with E-state index >= 15 is 0 Å². The van der Waals surface area contributed by atoms with Crippen molar-refractivity contribution in [2.75, 3.05) is 31.5 Å². The maximum absolute atomic E-state index is 13.2. The van der Waals surface area contributed by atoms with Gasteiger partial charge >= 0.3 is 6.03 Å². The molecular formula is C24H29FN4O2. The van der Waals surface area contributed by atoms with Crippen LogP contribution in [0.2, 0.25) is 0 Å². The van der Waals surface area contributed by atoms with Crippen LogP contribution in [0.25, 0.3) is 10.9 Å². The summed E-state index contributed by atoms with van der Waals surface area (Å²) in [5, 5.41) is 3.73. The number of pyridine rings is 1. The summed E-state index contributed by atoms with van der Waals surface area (Å²) < 4.78 is 13.2. The fourth-order valence-electron chi connectivity index (χ4n) is 3.54. The van der Waals surface area contributed by atoms with Crippen LogP contribution in [0.1, 0.15) is 25.0 Å². The molecule has 0 radical (unpaired) electrons. The van der Waals surface area contributed by atoms with Gasteiger partial charge in [0.05, 0.1) is 12.1 Å². The van der Waals surface area contributed by atoms with Crippen molar-refractivity contribution in [2.24, 2.45) is 0 Å². The van der Waals surface area contributed by atoms with Crippen LogP contribution in [-0.2, 0) is 6.54 Å². The highest BCUT2D eigenvalue weighted by molar-refractivity contribution is 5.89. The predicted octanol–water partition coefficient (Wildman–Crippen LogP) is 4.35. The molecule has 3 aromatic rings. The van der Waals surface area contributed by atoms with Crippen LogP contribution < -0.4 is 10.9 Å². The summed E-state index contributed by atoms with van der Waals surface area (Å²) in [4.78, 5) is 32.5. The molecule has 0 saturated carbocycles. The van der Waals surface area contributed by atoms with Crippen LogP contribution in [0, 0.1) is 12.7 Å². The highest BCUT2D eigenvalue weighted by atomic mass is 19.1. The second kappa shape index (κ2) is 10.2. The Bertz CT molecular complexity index is 1090. The van der Waals surface area contributed by atoms with Crippen molar-refractivity contribution in [3.63, 3.8) is 0 Å². The van der Waals surface area contributed by atoms with Crippen molar-refractivity contribution in [2.45, 2.75) is 27.3 Å². The average Bonchev–Trinajstić information content (AvgIpc) is 2.76. The largest absolute Gasteiger partial charge is 0.322 e. The number of carbonyl (C=O) groups excluding carboxylic acids is 1. The molecule has 0 aliphatic heterocycles. The zero-order valence-electron chi connectivity index (χ0n) is 18.2. The third-order valence-electron chi connectivity index (χ3n) is 5.49. The van der Waals surface area contributed by atoms with Crippen LogP contribution in [-0.4, -0.2) is 47.0 Å². The number of fused-ring (bicyclic) bond motifs is 1. The summed E-state index contributed by atoms with van der Waals surface area (Å²) in [6.07, 6.45) is 0. The minimum absolute atomic E-state index is 0.174. The highest BCUT2D eigenvalue weighted by Crippen LogP contribution is 2.16. The van der Waals surface area contributed by atoms with Gasteiger partial charge in [0.1, 0.15) is 5.82 Å². The number of aromatic nitrogens is 1. The Morgan fingerprint density at radius 2 is 1.77 bits per heavy atom. The summed E-state index contributed by atoms with van der Waals surface area (Å²) in [6.45, 7) is 9.16. The van der Waals surface area contributed by atoms with Crippen molar-refractivity contribution in [3.05, 3.63) is 75.8 Å². The molecule has 0 atom stereocenters. The molecule has 2 N–H and O–H groups in total. The number of aromatic amines is 1. The van der Waals surface area contributed by atoms with E-state index in [1.807, 2.05) is 31.2 Å². The molecule has 2 aromatic carbocycles. The van der Waals surface area contributed by atoms with E-state index in [2.05, 4.69) is 29.0 Å². The monoisotopic (exact) mass is 424 g/mol. The molecule has 0 unspecified atom stereocenters. The predicted molar refractivity (Wildman–Crippen MR) is 123 cm³/mol. The number of hydrogen-bond acceptors (Lipinski definition) is 3. The van der Waals surface area contributed by atoms with Crippen LogP contribution >= 0.6 is 0 Å². The number of nitrogens with one attached hydrogen (secondary N) is 2. The van der Waals surface area contributed by atoms with Gasteiger partial charge in [-0.1, -0.05) is 32.0 Å². The third-order valence-corrected chi connectivity index (χ3v) is 5.49. The van der Waals surface area contributed by atoms with Gasteiger partial charge in [0.25, 0.3) is 5.56 Å². The molecule has 1 heterocycles. The molecule has 1 aromatic heterocycles. The molecule has 3 rings (SSSR count). The molecule has 0 bridgehead atoms. The van der Waals surface area contributed by atoms with Crippen LogP contribution in [0.5, 0.6) is 0 Å². The summed E-state index contributed by atoms with van der Waals surface area (Å²) in [6, 6.07) is 13.0. The number of benzene rings is 2. The van der Waals surface area contributed by atoms with E-state index < -0.39 is 0 Å². The SMILES string of the molecule is CCN(CC)CCN(Cc1cc2cccc(C)c2[nH]c1=O)C(=O)Nc1ccc(F)cc1. The standard InChI is InChI=1S/C24H29FN4O2/c1-4-28(5-2)13-14-29(24(31)26-21-11-9-20(25)10-12-21)16-19-15-18-8-6-7-17(3)22(18)27-23(19)30/h6-12,15H,4-5,13-14,16H2,1-3H3,(H,26,31)(H,27,30). The Kier molecular flexibility index (Phi) is 7.41. The van der Waals surface area contributed by atoms with Gasteiger partial charge in [0.2, 0.25) is 0 Å². The van der Waals surface area contributed by atoms with E-state index in [0.29, 0.717) is 24.3 Å². The first-order chi connectivity index (χ1) is 14.9. The molecule has 2 amide bonds. The topological polar surface area (TPSA) is 68.4 Å². The number of halogens is 1. The van der Waals surface area contributed by atoms with Crippen molar-refractivity contribution < 1.29 is 9.18 Å². The average molecular weight is 425 g/mol. The molecule has 31 heavy (non-hydrogen) atoms. The number of hydrogen-bond donors (Lipinski definition) is 2. The Morgan fingerprint density at radius 3 is 2.45 bits per heavy atom. The van der Waals surface area contributed by atoms with Crippen molar-refractivity contribution >= 4 is 22.6 Å². The number of amides is 2. The first-order valence-electron chi connectivity index (χ1n) is 10.6. The first-order valence-corrected chi connectivity index (χ1v) is 10.6. The summed E-state index contributed by atoms with van der Waals surface area (Å²) in [7, 11) is 0. The fourth-order valence-corrected chi connectivity index (χ4v) is 3.54. The second-order valence-electron chi connectivity index (χ2n) is 7.55. The molecule has 0 saturated heterocycles. The zero-order valence-corrected chi connectivity index (χ0v) is 18.2. The molecule has 7 heteroatoms. The van der Waals surface area contributed by atoms with Crippen molar-refractivity contribution in [1.82, 2.24) is 14.8 Å². The van der Waals surface area contributed by atoms with E-state index in [9.17, 15) is 14.0 Å². The van der Waals surface area contributed by atoms with Gasteiger partial charge in [-0.05, 0) is 61.3 Å². The maximum atomic E-state index is 13.2. The Hall–Kier alpha value is -3.19. The second-order valence-corrected chi connectivity index (χ2v) is 7.55. The number of urea groups is 1. The number of para-hydroxylation sites is 1. The molecule has 6 nitrogen and oxygen atoms in total. The van der Waals surface area contributed by atoms with Gasteiger partial charge in [-0.2, -0.15) is 0 Å². The lowest BCUT2D eigenvalue weighted by molar-refractivity contribution is 0.194. The van der Waals surface area contributed by atoms with Crippen molar-refractivity contribution in [3.8, 4) is 0 Å². The number of H-pyrrole nitrogens is 1. The fraction of sp³-hybridized carbons (Fsp3) is 0.333. The smallest absolute Gasteiger partial charge is 0.321 e. The van der Waals surface area contributed by atoms with Gasteiger partial charge in [-0.3, -0.25) is 4.79 Å². The lowest BCUT2D eigenvalue weighted by Gasteiger charge is -2.26. The first kappa shape index (κ1) is 22.5. The Morgan fingerprint density at radius 1 is 1.06 bits per heavy atom. The van der Waals surface area contributed by atoms with E-state index in [1.54, 1.807) is 4.90 Å². The van der Waals surface area contributed by atoms with E-state index in [4.69, 9.17) is 0 Å².